The third-order valence-corrected chi connectivity index (χ3v) is 7.89. The first-order valence-corrected chi connectivity index (χ1v) is 12.5. The zero-order valence-electron chi connectivity index (χ0n) is 16.4. The fraction of sp³-hybridized carbons (Fsp3) is 0.333. The van der Waals surface area contributed by atoms with Crippen molar-refractivity contribution in [3.63, 3.8) is 0 Å². The van der Waals surface area contributed by atoms with E-state index in [0.717, 1.165) is 17.7 Å². The highest BCUT2D eigenvalue weighted by atomic mass is 32.2. The first kappa shape index (κ1) is 20.9. The lowest BCUT2D eigenvalue weighted by atomic mass is 10.1. The van der Waals surface area contributed by atoms with E-state index in [1.54, 1.807) is 23.1 Å². The molecule has 2 heterocycles. The number of carbonyl (C=O) groups excluding carboxylic acids is 1. The summed E-state index contributed by atoms with van der Waals surface area (Å²) in [6, 6.07) is 12.9. The maximum absolute atomic E-state index is 14.5. The van der Waals surface area contributed by atoms with Gasteiger partial charge in [0.1, 0.15) is 5.82 Å². The zero-order chi connectivity index (χ0) is 21.3. The number of anilines is 2. The van der Waals surface area contributed by atoms with Gasteiger partial charge in [0.05, 0.1) is 35.0 Å². The quantitative estimate of drug-likeness (QED) is 0.762. The number of carbonyl (C=O) groups is 1. The summed E-state index contributed by atoms with van der Waals surface area (Å²) in [5.74, 6) is -0.675. The molecule has 0 spiro atoms. The van der Waals surface area contributed by atoms with Gasteiger partial charge in [-0.2, -0.15) is 0 Å². The van der Waals surface area contributed by atoms with Crippen molar-refractivity contribution in [3.05, 3.63) is 59.9 Å². The third kappa shape index (κ3) is 4.22. The van der Waals surface area contributed by atoms with Crippen molar-refractivity contribution in [2.75, 3.05) is 27.5 Å². The van der Waals surface area contributed by atoms with Crippen molar-refractivity contribution in [1.29, 1.82) is 0 Å². The molecule has 0 aliphatic carbocycles. The molecule has 0 radical (unpaired) electrons. The Hall–Kier alpha value is -2.39. The minimum atomic E-state index is -3.22. The molecule has 2 aromatic carbocycles. The van der Waals surface area contributed by atoms with Crippen LogP contribution in [0.25, 0.3) is 0 Å². The van der Waals surface area contributed by atoms with Crippen molar-refractivity contribution < 1.29 is 17.6 Å². The second-order valence-corrected chi connectivity index (χ2v) is 10.4. The molecule has 30 heavy (non-hydrogen) atoms. The molecule has 9 heteroatoms. The van der Waals surface area contributed by atoms with Crippen LogP contribution in [0.1, 0.15) is 12.5 Å². The number of halogens is 1. The molecule has 1 amide bonds. The van der Waals surface area contributed by atoms with E-state index in [1.807, 2.05) is 31.2 Å². The second-order valence-electron chi connectivity index (χ2n) is 7.29. The van der Waals surface area contributed by atoms with Crippen LogP contribution < -0.4 is 10.2 Å². The SMILES string of the molecule is CCc1ccccc1NC(=O)CSC1=N[C@H]2CS(=O)(=O)C[C@H]2N1c1ccccc1F. The number of nitrogens with one attached hydrogen (secondary N) is 1. The van der Waals surface area contributed by atoms with Gasteiger partial charge in [-0.3, -0.25) is 9.79 Å². The Bertz CT molecular complexity index is 1100. The van der Waals surface area contributed by atoms with E-state index in [0.29, 0.717) is 5.17 Å². The van der Waals surface area contributed by atoms with Crippen molar-refractivity contribution >= 4 is 44.0 Å². The summed E-state index contributed by atoms with van der Waals surface area (Å²) in [7, 11) is -3.22. The fourth-order valence-electron chi connectivity index (χ4n) is 3.83. The van der Waals surface area contributed by atoms with Crippen molar-refractivity contribution in [1.82, 2.24) is 0 Å². The van der Waals surface area contributed by atoms with Gasteiger partial charge < -0.3 is 10.2 Å². The minimum Gasteiger partial charge on any atom is -0.325 e. The van der Waals surface area contributed by atoms with Crippen molar-refractivity contribution in [3.8, 4) is 0 Å². The van der Waals surface area contributed by atoms with Gasteiger partial charge in [-0.15, -0.1) is 0 Å². The molecule has 4 rings (SSSR count). The van der Waals surface area contributed by atoms with Crippen LogP contribution in [0.5, 0.6) is 0 Å². The molecule has 158 valence electrons. The lowest BCUT2D eigenvalue weighted by Crippen LogP contribution is -2.40. The number of fused-ring (bicyclic) bond motifs is 1. The molecule has 2 atom stereocenters. The van der Waals surface area contributed by atoms with E-state index in [9.17, 15) is 17.6 Å². The standard InChI is InChI=1S/C21H22FN3O3S2/c1-2-14-7-3-5-9-16(14)23-20(26)11-29-21-24-17-12-30(27,28)13-19(17)25(21)18-10-6-4-8-15(18)22/h3-10,17,19H,2,11-13H2,1H3,(H,23,26)/t17-,19+/m0/s1. The molecule has 1 N–H and O–H groups in total. The lowest BCUT2D eigenvalue weighted by molar-refractivity contribution is -0.113. The number of nitrogens with zero attached hydrogens (tertiary/aromatic N) is 2. The Kier molecular flexibility index (Phi) is 5.84. The van der Waals surface area contributed by atoms with Crippen LogP contribution >= 0.6 is 11.8 Å². The average molecular weight is 448 g/mol. The van der Waals surface area contributed by atoms with E-state index in [1.165, 1.54) is 17.8 Å². The van der Waals surface area contributed by atoms with Gasteiger partial charge in [0, 0.05) is 5.69 Å². The molecule has 1 fully saturated rings. The highest BCUT2D eigenvalue weighted by Gasteiger charge is 2.47. The van der Waals surface area contributed by atoms with Crippen molar-refractivity contribution in [2.24, 2.45) is 4.99 Å². The monoisotopic (exact) mass is 447 g/mol. The number of hydrogen-bond donors (Lipinski definition) is 1. The highest BCUT2D eigenvalue weighted by molar-refractivity contribution is 8.14. The molecule has 0 bridgehead atoms. The number of hydrogen-bond acceptors (Lipinski definition) is 6. The molecule has 2 aromatic rings. The van der Waals surface area contributed by atoms with E-state index in [-0.39, 0.29) is 28.9 Å². The summed E-state index contributed by atoms with van der Waals surface area (Å²) in [6.07, 6.45) is 0.801. The highest BCUT2D eigenvalue weighted by Crippen LogP contribution is 2.36. The fourth-order valence-corrected chi connectivity index (χ4v) is 6.59. The summed E-state index contributed by atoms with van der Waals surface area (Å²) in [5, 5.41) is 3.39. The Labute approximate surface area is 179 Å². The average Bonchev–Trinajstić information content (AvgIpc) is 3.18. The summed E-state index contributed by atoms with van der Waals surface area (Å²) in [5.41, 5.74) is 2.10. The third-order valence-electron chi connectivity index (χ3n) is 5.22. The number of para-hydroxylation sites is 2. The topological polar surface area (TPSA) is 78.8 Å². The second kappa shape index (κ2) is 8.39. The first-order valence-electron chi connectivity index (χ1n) is 9.70. The summed E-state index contributed by atoms with van der Waals surface area (Å²) in [4.78, 5) is 18.7. The Balaban J connectivity index is 1.52. The first-order chi connectivity index (χ1) is 14.4. The van der Waals surface area contributed by atoms with E-state index in [4.69, 9.17) is 0 Å². The van der Waals surface area contributed by atoms with Gasteiger partial charge in [0.15, 0.2) is 15.0 Å². The predicted octanol–water partition coefficient (Wildman–Crippen LogP) is 3.10. The van der Waals surface area contributed by atoms with E-state index < -0.39 is 27.7 Å². The zero-order valence-corrected chi connectivity index (χ0v) is 18.0. The Morgan fingerprint density at radius 1 is 1.20 bits per heavy atom. The van der Waals surface area contributed by atoms with Crippen LogP contribution in [0.15, 0.2) is 53.5 Å². The van der Waals surface area contributed by atoms with Crippen molar-refractivity contribution in [2.45, 2.75) is 25.4 Å². The van der Waals surface area contributed by atoms with Gasteiger partial charge in [0.2, 0.25) is 5.91 Å². The molecule has 1 saturated heterocycles. The van der Waals surface area contributed by atoms with Crippen LogP contribution in [-0.2, 0) is 21.1 Å². The Morgan fingerprint density at radius 3 is 2.70 bits per heavy atom. The number of rotatable bonds is 5. The van der Waals surface area contributed by atoms with E-state index >= 15 is 0 Å². The molecule has 0 aromatic heterocycles. The number of amidine groups is 1. The molecule has 0 saturated carbocycles. The molecule has 0 unspecified atom stereocenters. The van der Waals surface area contributed by atoms with Crippen LogP contribution in [-0.4, -0.2) is 48.8 Å². The smallest absolute Gasteiger partial charge is 0.234 e. The summed E-state index contributed by atoms with van der Waals surface area (Å²) in [6.45, 7) is 2.02. The van der Waals surface area contributed by atoms with Gasteiger partial charge in [0.25, 0.3) is 0 Å². The largest absolute Gasteiger partial charge is 0.325 e. The van der Waals surface area contributed by atoms with Crippen LogP contribution in [0.3, 0.4) is 0 Å². The van der Waals surface area contributed by atoms with Gasteiger partial charge in [-0.1, -0.05) is 49.0 Å². The van der Waals surface area contributed by atoms with Gasteiger partial charge >= 0.3 is 0 Å². The molecular weight excluding hydrogens is 425 g/mol. The lowest BCUT2D eigenvalue weighted by Gasteiger charge is -2.26. The number of aliphatic imine (C=N–C) groups is 1. The number of thioether (sulfide) groups is 1. The summed E-state index contributed by atoms with van der Waals surface area (Å²) < 4.78 is 38.7. The van der Waals surface area contributed by atoms with Gasteiger partial charge in [-0.05, 0) is 30.2 Å². The molecule has 2 aliphatic rings. The number of benzene rings is 2. The Morgan fingerprint density at radius 2 is 1.93 bits per heavy atom. The maximum atomic E-state index is 14.5. The molecule has 2 aliphatic heterocycles. The van der Waals surface area contributed by atoms with E-state index in [2.05, 4.69) is 10.3 Å². The summed E-state index contributed by atoms with van der Waals surface area (Å²) >= 11 is 1.20. The van der Waals surface area contributed by atoms with Crippen LogP contribution in [0.4, 0.5) is 15.8 Å². The predicted molar refractivity (Wildman–Crippen MR) is 119 cm³/mol. The van der Waals surface area contributed by atoms with Gasteiger partial charge in [-0.25, -0.2) is 12.8 Å². The normalized spacial score (nSPS) is 21.9. The molecular formula is C21H22FN3O3S2. The number of aryl methyl sites for hydroxylation is 1. The number of amides is 1. The minimum absolute atomic E-state index is 0.0528. The maximum Gasteiger partial charge on any atom is 0.234 e. The van der Waals surface area contributed by atoms with Crippen LogP contribution in [0, 0.1) is 5.82 Å². The number of sulfone groups is 1. The van der Waals surface area contributed by atoms with Crippen LogP contribution in [0.2, 0.25) is 0 Å². The molecule has 6 nitrogen and oxygen atoms in total.